The second kappa shape index (κ2) is 5.36. The highest BCUT2D eigenvalue weighted by Gasteiger charge is 2.41. The van der Waals surface area contributed by atoms with Crippen LogP contribution in [0.2, 0.25) is 0 Å². The van der Waals surface area contributed by atoms with Gasteiger partial charge in [-0.2, -0.15) is 5.10 Å². The van der Waals surface area contributed by atoms with E-state index in [2.05, 4.69) is 20.4 Å². The summed E-state index contributed by atoms with van der Waals surface area (Å²) in [5, 5.41) is 11.2. The maximum Gasteiger partial charge on any atom is 0.227 e. The van der Waals surface area contributed by atoms with Crippen LogP contribution in [0.25, 0.3) is 0 Å². The third-order valence-electron chi connectivity index (χ3n) is 4.31. The van der Waals surface area contributed by atoms with Crippen LogP contribution in [0.1, 0.15) is 30.2 Å². The van der Waals surface area contributed by atoms with E-state index >= 15 is 0 Å². The van der Waals surface area contributed by atoms with Gasteiger partial charge in [-0.05, 0) is 32.8 Å². The Bertz CT molecular complexity index is 531. The fourth-order valence-corrected chi connectivity index (χ4v) is 2.77. The third kappa shape index (κ3) is 2.35. The number of nitrogens with two attached hydrogens (primary N) is 1. The van der Waals surface area contributed by atoms with Gasteiger partial charge < -0.3 is 16.0 Å². The molecule has 0 radical (unpaired) electrons. The Hall–Kier alpha value is -1.69. The molecular weight excluding hydrogens is 254 g/mol. The molecule has 0 bridgehead atoms. The second-order valence-electron chi connectivity index (χ2n) is 5.73. The first kappa shape index (κ1) is 14.7. The van der Waals surface area contributed by atoms with E-state index in [0.29, 0.717) is 13.1 Å². The van der Waals surface area contributed by atoms with Crippen LogP contribution in [-0.4, -0.2) is 36.2 Å². The first-order valence-corrected chi connectivity index (χ1v) is 6.93. The molecule has 20 heavy (non-hydrogen) atoms. The second-order valence-corrected chi connectivity index (χ2v) is 5.73. The minimum absolute atomic E-state index is 0.0751. The summed E-state index contributed by atoms with van der Waals surface area (Å²) in [5.74, 6) is 0.898. The summed E-state index contributed by atoms with van der Waals surface area (Å²) in [6.07, 6.45) is 0.811. The van der Waals surface area contributed by atoms with Crippen molar-refractivity contribution in [3.05, 3.63) is 16.8 Å². The molecule has 1 aromatic rings. The van der Waals surface area contributed by atoms with Crippen LogP contribution in [0, 0.1) is 19.3 Å². The van der Waals surface area contributed by atoms with Crippen LogP contribution >= 0.6 is 0 Å². The highest BCUT2D eigenvalue weighted by atomic mass is 16.2. The van der Waals surface area contributed by atoms with Crippen LogP contribution in [0.15, 0.2) is 0 Å². The van der Waals surface area contributed by atoms with Crippen molar-refractivity contribution in [2.24, 2.45) is 11.1 Å². The Labute approximate surface area is 119 Å². The van der Waals surface area contributed by atoms with Crippen molar-refractivity contribution >= 4 is 11.7 Å². The van der Waals surface area contributed by atoms with Gasteiger partial charge in [0.25, 0.3) is 0 Å². The molecule has 1 fully saturated rings. The molecule has 1 amide bonds. The molecule has 1 atom stereocenters. The monoisotopic (exact) mass is 277 g/mol. The number of aromatic nitrogens is 2. The minimum atomic E-state index is -0.374. The molecule has 1 unspecified atom stereocenters. The normalized spacial score (nSPS) is 22.1. The lowest BCUT2D eigenvalue weighted by Crippen LogP contribution is -2.39. The lowest BCUT2D eigenvalue weighted by atomic mass is 9.89. The number of carbonyl (C=O) groups is 1. The Morgan fingerprint density at radius 3 is 2.75 bits per heavy atom. The lowest BCUT2D eigenvalue weighted by Gasteiger charge is -2.25. The van der Waals surface area contributed by atoms with Gasteiger partial charge in [0.1, 0.15) is 0 Å². The molecule has 0 saturated carbocycles. The van der Waals surface area contributed by atoms with E-state index in [1.54, 1.807) is 7.05 Å². The summed E-state index contributed by atoms with van der Waals surface area (Å²) in [5.41, 5.74) is 8.51. The van der Waals surface area contributed by atoms with Crippen LogP contribution < -0.4 is 16.0 Å². The van der Waals surface area contributed by atoms with Gasteiger partial charge in [0, 0.05) is 32.2 Å². The van der Waals surface area contributed by atoms with Crippen molar-refractivity contribution in [3.63, 3.8) is 0 Å². The molecule has 2 rings (SSSR count). The highest BCUT2D eigenvalue weighted by molar-refractivity contribution is 5.83. The average Bonchev–Trinajstić information content (AvgIpc) is 2.84. The first-order valence-electron chi connectivity index (χ1n) is 6.93. The SMILES string of the molecule is CNC(=O)C1(C)CCN(c2nnc(C)c(C)c2CN)C1. The van der Waals surface area contributed by atoms with Gasteiger partial charge in [0.15, 0.2) is 5.82 Å². The van der Waals surface area contributed by atoms with Gasteiger partial charge in [0.2, 0.25) is 5.91 Å². The van der Waals surface area contributed by atoms with Crippen molar-refractivity contribution in [2.45, 2.75) is 33.7 Å². The molecule has 1 aliphatic heterocycles. The number of rotatable bonds is 3. The van der Waals surface area contributed by atoms with Gasteiger partial charge in [0.05, 0.1) is 11.1 Å². The van der Waals surface area contributed by atoms with Crippen molar-refractivity contribution in [2.75, 3.05) is 25.0 Å². The number of anilines is 1. The zero-order valence-electron chi connectivity index (χ0n) is 12.7. The maximum atomic E-state index is 12.0. The van der Waals surface area contributed by atoms with Crippen LogP contribution in [-0.2, 0) is 11.3 Å². The van der Waals surface area contributed by atoms with E-state index in [-0.39, 0.29) is 11.3 Å². The Morgan fingerprint density at radius 1 is 1.45 bits per heavy atom. The summed E-state index contributed by atoms with van der Waals surface area (Å²) in [4.78, 5) is 14.1. The smallest absolute Gasteiger partial charge is 0.227 e. The molecular formula is C14H23N5O. The average molecular weight is 277 g/mol. The molecule has 0 spiro atoms. The molecule has 6 nitrogen and oxygen atoms in total. The van der Waals surface area contributed by atoms with E-state index in [9.17, 15) is 4.79 Å². The standard InChI is InChI=1S/C14H23N5O/c1-9-10(2)17-18-12(11(9)7-15)19-6-5-14(3,8-19)13(20)16-4/h5-8,15H2,1-4H3,(H,16,20). The van der Waals surface area contributed by atoms with Gasteiger partial charge in [-0.25, -0.2) is 0 Å². The minimum Gasteiger partial charge on any atom is -0.359 e. The number of nitrogens with zero attached hydrogens (tertiary/aromatic N) is 3. The summed E-state index contributed by atoms with van der Waals surface area (Å²) in [7, 11) is 1.68. The van der Waals surface area contributed by atoms with E-state index < -0.39 is 0 Å². The van der Waals surface area contributed by atoms with E-state index in [0.717, 1.165) is 35.6 Å². The van der Waals surface area contributed by atoms with Gasteiger partial charge in [-0.3, -0.25) is 4.79 Å². The summed E-state index contributed by atoms with van der Waals surface area (Å²) in [6, 6.07) is 0. The van der Waals surface area contributed by atoms with Crippen molar-refractivity contribution < 1.29 is 4.79 Å². The van der Waals surface area contributed by atoms with E-state index in [1.807, 2.05) is 20.8 Å². The zero-order valence-corrected chi connectivity index (χ0v) is 12.7. The Morgan fingerprint density at radius 2 is 2.15 bits per heavy atom. The number of amides is 1. The molecule has 0 aromatic carbocycles. The predicted octanol–water partition coefficient (Wildman–Crippen LogP) is 0.515. The molecule has 1 aromatic heterocycles. The predicted molar refractivity (Wildman–Crippen MR) is 78.4 cm³/mol. The number of hydrogen-bond donors (Lipinski definition) is 2. The summed E-state index contributed by atoms with van der Waals surface area (Å²) < 4.78 is 0. The van der Waals surface area contributed by atoms with Crippen molar-refractivity contribution in [1.82, 2.24) is 15.5 Å². The number of aryl methyl sites for hydroxylation is 1. The summed E-state index contributed by atoms with van der Waals surface area (Å²) in [6.45, 7) is 7.83. The van der Waals surface area contributed by atoms with Gasteiger partial charge in [-0.15, -0.1) is 5.10 Å². The molecule has 1 aliphatic rings. The number of nitrogens with one attached hydrogen (secondary N) is 1. The van der Waals surface area contributed by atoms with Gasteiger partial charge in [-0.1, -0.05) is 0 Å². The quantitative estimate of drug-likeness (QED) is 0.841. The Balaban J connectivity index is 2.31. The topological polar surface area (TPSA) is 84.1 Å². The van der Waals surface area contributed by atoms with Crippen molar-refractivity contribution in [3.8, 4) is 0 Å². The molecule has 1 saturated heterocycles. The molecule has 6 heteroatoms. The lowest BCUT2D eigenvalue weighted by molar-refractivity contribution is -0.128. The molecule has 0 aliphatic carbocycles. The maximum absolute atomic E-state index is 12.0. The van der Waals surface area contributed by atoms with Crippen molar-refractivity contribution in [1.29, 1.82) is 0 Å². The van der Waals surface area contributed by atoms with Crippen LogP contribution in [0.3, 0.4) is 0 Å². The van der Waals surface area contributed by atoms with Crippen LogP contribution in [0.4, 0.5) is 5.82 Å². The van der Waals surface area contributed by atoms with E-state index in [4.69, 9.17) is 5.73 Å². The molecule has 3 N–H and O–H groups in total. The molecule has 110 valence electrons. The Kier molecular flexibility index (Phi) is 3.94. The zero-order chi connectivity index (χ0) is 14.9. The summed E-state index contributed by atoms with van der Waals surface area (Å²) >= 11 is 0. The fourth-order valence-electron chi connectivity index (χ4n) is 2.77. The molecule has 2 heterocycles. The largest absolute Gasteiger partial charge is 0.359 e. The third-order valence-corrected chi connectivity index (χ3v) is 4.31. The number of carbonyl (C=O) groups excluding carboxylic acids is 1. The highest BCUT2D eigenvalue weighted by Crippen LogP contribution is 2.34. The van der Waals surface area contributed by atoms with E-state index in [1.165, 1.54) is 0 Å². The van der Waals surface area contributed by atoms with Crippen LogP contribution in [0.5, 0.6) is 0 Å². The fraction of sp³-hybridized carbons (Fsp3) is 0.643. The first-order chi connectivity index (χ1) is 9.42. The van der Waals surface area contributed by atoms with Gasteiger partial charge >= 0.3 is 0 Å². The number of hydrogen-bond acceptors (Lipinski definition) is 5.